The van der Waals surface area contributed by atoms with E-state index >= 15 is 0 Å². The molecule has 1 unspecified atom stereocenters. The number of benzene rings is 1. The molecule has 3 rings (SSSR count). The lowest BCUT2D eigenvalue weighted by Crippen LogP contribution is -2.25. The second-order valence-corrected chi connectivity index (χ2v) is 7.39. The van der Waals surface area contributed by atoms with Gasteiger partial charge in [-0.05, 0) is 50.2 Å². The number of thiophene rings is 1. The van der Waals surface area contributed by atoms with E-state index in [9.17, 15) is 10.1 Å². The third-order valence-electron chi connectivity index (χ3n) is 4.58. The molecular formula is C18H23N3O2S. The van der Waals surface area contributed by atoms with E-state index in [1.54, 1.807) is 23.5 Å². The van der Waals surface area contributed by atoms with Gasteiger partial charge in [0, 0.05) is 28.9 Å². The van der Waals surface area contributed by atoms with Gasteiger partial charge in [0.25, 0.3) is 5.69 Å². The van der Waals surface area contributed by atoms with E-state index in [2.05, 4.69) is 23.2 Å². The van der Waals surface area contributed by atoms with E-state index in [1.807, 2.05) is 18.2 Å². The molecule has 1 aromatic heterocycles. The molecule has 1 aliphatic heterocycles. The summed E-state index contributed by atoms with van der Waals surface area (Å²) in [6.07, 6.45) is 1.27. The molecule has 0 aliphatic carbocycles. The lowest BCUT2D eigenvalue weighted by Gasteiger charge is -2.13. The van der Waals surface area contributed by atoms with Gasteiger partial charge in [-0.3, -0.25) is 10.1 Å². The van der Waals surface area contributed by atoms with Crippen molar-refractivity contribution in [2.24, 2.45) is 5.92 Å². The minimum absolute atomic E-state index is 0.171. The molecule has 2 heterocycles. The van der Waals surface area contributed by atoms with Gasteiger partial charge in [-0.2, -0.15) is 0 Å². The normalized spacial score (nSPS) is 18.1. The van der Waals surface area contributed by atoms with Crippen LogP contribution in [0.2, 0.25) is 0 Å². The highest BCUT2D eigenvalue weighted by Gasteiger charge is 2.20. The average molecular weight is 345 g/mol. The van der Waals surface area contributed by atoms with Gasteiger partial charge < -0.3 is 10.2 Å². The summed E-state index contributed by atoms with van der Waals surface area (Å²) in [6, 6.07) is 11.0. The quantitative estimate of drug-likeness (QED) is 0.613. The lowest BCUT2D eigenvalue weighted by atomic mass is 10.1. The summed E-state index contributed by atoms with van der Waals surface area (Å²) >= 11 is 1.63. The predicted octanol–water partition coefficient (Wildman–Crippen LogP) is 3.75. The van der Waals surface area contributed by atoms with E-state index in [0.29, 0.717) is 5.56 Å². The zero-order valence-corrected chi connectivity index (χ0v) is 14.7. The minimum Gasteiger partial charge on any atom is -0.312 e. The van der Waals surface area contributed by atoms with Crippen LogP contribution in [0.15, 0.2) is 36.4 Å². The summed E-state index contributed by atoms with van der Waals surface area (Å²) in [4.78, 5) is 15.5. The molecule has 0 saturated carbocycles. The number of nitro benzene ring substituents is 1. The molecule has 1 aromatic carbocycles. The standard InChI is InChI=1S/C18H23N3O2S/c1-2-20-10-9-14(13-20)11-19-12-15-7-8-18(24-15)16-5-3-4-6-17(16)21(22)23/h3-8,14,19H,2,9-13H2,1H3. The highest BCUT2D eigenvalue weighted by molar-refractivity contribution is 7.15. The van der Waals surface area contributed by atoms with Crippen LogP contribution in [0.5, 0.6) is 0 Å². The fourth-order valence-electron chi connectivity index (χ4n) is 3.23. The van der Waals surface area contributed by atoms with Crippen molar-refractivity contribution in [3.8, 4) is 10.4 Å². The zero-order chi connectivity index (χ0) is 16.9. The first kappa shape index (κ1) is 17.1. The summed E-state index contributed by atoms with van der Waals surface area (Å²) in [5, 5.41) is 14.7. The Hall–Kier alpha value is -1.76. The van der Waals surface area contributed by atoms with Crippen molar-refractivity contribution in [1.82, 2.24) is 10.2 Å². The summed E-state index contributed by atoms with van der Waals surface area (Å²) < 4.78 is 0. The molecule has 0 spiro atoms. The van der Waals surface area contributed by atoms with Gasteiger partial charge in [0.05, 0.1) is 10.5 Å². The molecule has 1 saturated heterocycles. The van der Waals surface area contributed by atoms with E-state index < -0.39 is 0 Å². The van der Waals surface area contributed by atoms with Crippen molar-refractivity contribution in [1.29, 1.82) is 0 Å². The molecule has 2 aromatic rings. The minimum atomic E-state index is -0.313. The van der Waals surface area contributed by atoms with Crippen molar-refractivity contribution < 1.29 is 4.92 Å². The van der Waals surface area contributed by atoms with E-state index in [4.69, 9.17) is 0 Å². The van der Waals surface area contributed by atoms with Gasteiger partial charge in [0.2, 0.25) is 0 Å². The first-order valence-electron chi connectivity index (χ1n) is 8.43. The number of rotatable bonds is 7. The van der Waals surface area contributed by atoms with Gasteiger partial charge in [-0.15, -0.1) is 11.3 Å². The molecule has 1 fully saturated rings. The Morgan fingerprint density at radius 2 is 2.17 bits per heavy atom. The van der Waals surface area contributed by atoms with Crippen LogP contribution in [0.3, 0.4) is 0 Å². The van der Waals surface area contributed by atoms with Crippen molar-refractivity contribution >= 4 is 17.0 Å². The van der Waals surface area contributed by atoms with Crippen molar-refractivity contribution in [3.63, 3.8) is 0 Å². The first-order valence-corrected chi connectivity index (χ1v) is 9.24. The van der Waals surface area contributed by atoms with Gasteiger partial charge >= 0.3 is 0 Å². The second-order valence-electron chi connectivity index (χ2n) is 6.22. The Labute approximate surface area is 146 Å². The number of nitrogens with one attached hydrogen (secondary N) is 1. The maximum absolute atomic E-state index is 11.2. The summed E-state index contributed by atoms with van der Waals surface area (Å²) in [6.45, 7) is 7.62. The van der Waals surface area contributed by atoms with Gasteiger partial charge in [0.1, 0.15) is 0 Å². The number of para-hydroxylation sites is 1. The number of hydrogen-bond donors (Lipinski definition) is 1. The molecule has 0 radical (unpaired) electrons. The van der Waals surface area contributed by atoms with E-state index in [0.717, 1.165) is 30.4 Å². The number of nitro groups is 1. The van der Waals surface area contributed by atoms with Crippen LogP contribution in [0.25, 0.3) is 10.4 Å². The van der Waals surface area contributed by atoms with Crippen LogP contribution in [0, 0.1) is 16.0 Å². The van der Waals surface area contributed by atoms with E-state index in [1.165, 1.54) is 24.4 Å². The number of hydrogen-bond acceptors (Lipinski definition) is 5. The molecule has 1 N–H and O–H groups in total. The molecule has 0 amide bonds. The Bertz CT molecular complexity index is 701. The Balaban J connectivity index is 1.57. The molecule has 128 valence electrons. The Morgan fingerprint density at radius 1 is 1.33 bits per heavy atom. The smallest absolute Gasteiger partial charge is 0.278 e. The highest BCUT2D eigenvalue weighted by atomic mass is 32.1. The van der Waals surface area contributed by atoms with Crippen molar-refractivity contribution in [3.05, 3.63) is 51.4 Å². The molecule has 24 heavy (non-hydrogen) atoms. The largest absolute Gasteiger partial charge is 0.312 e. The Morgan fingerprint density at radius 3 is 2.92 bits per heavy atom. The molecular weight excluding hydrogens is 322 g/mol. The van der Waals surface area contributed by atoms with Gasteiger partial charge in [-0.1, -0.05) is 19.1 Å². The van der Waals surface area contributed by atoms with Crippen LogP contribution in [-0.4, -0.2) is 36.0 Å². The van der Waals surface area contributed by atoms with Crippen LogP contribution in [-0.2, 0) is 6.54 Å². The molecule has 1 atom stereocenters. The summed E-state index contributed by atoms with van der Waals surface area (Å²) in [5.74, 6) is 0.736. The maximum Gasteiger partial charge on any atom is 0.278 e. The summed E-state index contributed by atoms with van der Waals surface area (Å²) in [5.41, 5.74) is 0.873. The lowest BCUT2D eigenvalue weighted by molar-refractivity contribution is -0.384. The van der Waals surface area contributed by atoms with E-state index in [-0.39, 0.29) is 10.6 Å². The summed E-state index contributed by atoms with van der Waals surface area (Å²) in [7, 11) is 0. The number of nitrogens with zero attached hydrogens (tertiary/aromatic N) is 2. The monoisotopic (exact) mass is 345 g/mol. The third kappa shape index (κ3) is 4.01. The topological polar surface area (TPSA) is 58.4 Å². The van der Waals surface area contributed by atoms with Crippen LogP contribution in [0.1, 0.15) is 18.2 Å². The van der Waals surface area contributed by atoms with Gasteiger partial charge in [0.15, 0.2) is 0 Å². The molecule has 5 nitrogen and oxygen atoms in total. The van der Waals surface area contributed by atoms with Crippen molar-refractivity contribution in [2.45, 2.75) is 19.9 Å². The average Bonchev–Trinajstić information content (AvgIpc) is 3.24. The highest BCUT2D eigenvalue weighted by Crippen LogP contribution is 2.34. The van der Waals surface area contributed by atoms with Crippen LogP contribution >= 0.6 is 11.3 Å². The second kappa shape index (κ2) is 7.88. The maximum atomic E-state index is 11.2. The third-order valence-corrected chi connectivity index (χ3v) is 5.70. The van der Waals surface area contributed by atoms with Gasteiger partial charge in [-0.25, -0.2) is 0 Å². The fraction of sp³-hybridized carbons (Fsp3) is 0.444. The first-order chi connectivity index (χ1) is 11.7. The SMILES string of the molecule is CCN1CCC(CNCc2ccc(-c3ccccc3[N+](=O)[O-])s2)C1. The predicted molar refractivity (Wildman–Crippen MR) is 98.3 cm³/mol. The molecule has 6 heteroatoms. The molecule has 0 bridgehead atoms. The Kier molecular flexibility index (Phi) is 5.60. The number of likely N-dealkylation sites (tertiary alicyclic amines) is 1. The van der Waals surface area contributed by atoms with Crippen molar-refractivity contribution in [2.75, 3.05) is 26.2 Å². The molecule has 1 aliphatic rings. The fourth-order valence-corrected chi connectivity index (χ4v) is 4.24. The zero-order valence-electron chi connectivity index (χ0n) is 13.9. The van der Waals surface area contributed by atoms with Crippen LogP contribution in [0.4, 0.5) is 5.69 Å². The van der Waals surface area contributed by atoms with Crippen LogP contribution < -0.4 is 5.32 Å².